The van der Waals surface area contributed by atoms with Gasteiger partial charge in [-0.3, -0.25) is 4.79 Å². The van der Waals surface area contributed by atoms with Gasteiger partial charge in [0.15, 0.2) is 5.76 Å². The Morgan fingerprint density at radius 1 is 1.52 bits per heavy atom. The Morgan fingerprint density at radius 3 is 2.81 bits per heavy atom. The van der Waals surface area contributed by atoms with Gasteiger partial charge in [-0.25, -0.2) is 8.42 Å². The SMILES string of the molecule is COC(=O)CSC1CCN(S(=O)(=O)c2c(C)noc2C)C1. The van der Waals surface area contributed by atoms with E-state index < -0.39 is 10.0 Å². The highest BCUT2D eigenvalue weighted by atomic mass is 32.2. The number of aromatic nitrogens is 1. The van der Waals surface area contributed by atoms with Crippen LogP contribution in [0.25, 0.3) is 0 Å². The second-order valence-corrected chi connectivity index (χ2v) is 7.98. The monoisotopic (exact) mass is 334 g/mol. The summed E-state index contributed by atoms with van der Waals surface area (Å²) in [4.78, 5) is 11.3. The lowest BCUT2D eigenvalue weighted by molar-refractivity contribution is -0.137. The number of ether oxygens (including phenoxy) is 1. The van der Waals surface area contributed by atoms with Crippen molar-refractivity contribution in [1.82, 2.24) is 9.46 Å². The molecule has 2 rings (SSSR count). The largest absolute Gasteiger partial charge is 0.468 e. The van der Waals surface area contributed by atoms with E-state index in [0.29, 0.717) is 31.0 Å². The molecule has 0 spiro atoms. The smallest absolute Gasteiger partial charge is 0.315 e. The maximum absolute atomic E-state index is 12.6. The van der Waals surface area contributed by atoms with E-state index in [9.17, 15) is 13.2 Å². The first kappa shape index (κ1) is 16.3. The first-order valence-electron chi connectivity index (χ1n) is 6.47. The van der Waals surface area contributed by atoms with Crippen LogP contribution in [0, 0.1) is 13.8 Å². The molecule has 7 nitrogen and oxygen atoms in total. The Kier molecular flexibility index (Phi) is 4.95. The molecular weight excluding hydrogens is 316 g/mol. The fraction of sp³-hybridized carbons (Fsp3) is 0.667. The molecule has 2 heterocycles. The lowest BCUT2D eigenvalue weighted by atomic mass is 10.4. The van der Waals surface area contributed by atoms with Crippen molar-refractivity contribution in [2.24, 2.45) is 0 Å². The van der Waals surface area contributed by atoms with Gasteiger partial charge in [0.05, 0.1) is 12.9 Å². The van der Waals surface area contributed by atoms with Crippen LogP contribution >= 0.6 is 11.8 Å². The van der Waals surface area contributed by atoms with Crippen LogP contribution in [-0.2, 0) is 19.6 Å². The van der Waals surface area contributed by atoms with Crippen molar-refractivity contribution >= 4 is 27.8 Å². The molecule has 0 saturated carbocycles. The number of nitrogens with zero attached hydrogens (tertiary/aromatic N) is 2. The Balaban J connectivity index is 2.05. The number of carbonyl (C=O) groups is 1. The van der Waals surface area contributed by atoms with Gasteiger partial charge in [0, 0.05) is 18.3 Å². The second-order valence-electron chi connectivity index (χ2n) is 4.81. The zero-order valence-electron chi connectivity index (χ0n) is 12.2. The van der Waals surface area contributed by atoms with Crippen LogP contribution in [0.1, 0.15) is 17.9 Å². The average Bonchev–Trinajstić information content (AvgIpc) is 3.03. The Morgan fingerprint density at radius 2 is 2.24 bits per heavy atom. The summed E-state index contributed by atoms with van der Waals surface area (Å²) in [5.41, 5.74) is 0.373. The van der Waals surface area contributed by atoms with E-state index in [1.54, 1.807) is 13.8 Å². The van der Waals surface area contributed by atoms with E-state index in [-0.39, 0.29) is 21.9 Å². The number of sulfonamides is 1. The van der Waals surface area contributed by atoms with Crippen LogP contribution in [0.15, 0.2) is 9.42 Å². The van der Waals surface area contributed by atoms with Gasteiger partial charge in [-0.05, 0) is 20.3 Å². The summed E-state index contributed by atoms with van der Waals surface area (Å²) in [5, 5.41) is 3.79. The van der Waals surface area contributed by atoms with Gasteiger partial charge in [-0.15, -0.1) is 11.8 Å². The molecule has 1 aliphatic heterocycles. The zero-order chi connectivity index (χ0) is 15.6. The first-order valence-corrected chi connectivity index (χ1v) is 8.96. The van der Waals surface area contributed by atoms with Crippen molar-refractivity contribution in [1.29, 1.82) is 0 Å². The van der Waals surface area contributed by atoms with E-state index in [1.807, 2.05) is 0 Å². The van der Waals surface area contributed by atoms with Gasteiger partial charge in [0.25, 0.3) is 0 Å². The highest BCUT2D eigenvalue weighted by molar-refractivity contribution is 8.00. The van der Waals surface area contributed by atoms with Crippen LogP contribution in [0.2, 0.25) is 0 Å². The lowest BCUT2D eigenvalue weighted by Crippen LogP contribution is -2.30. The number of carbonyl (C=O) groups excluding carboxylic acids is 1. The molecule has 1 unspecified atom stereocenters. The standard InChI is InChI=1S/C12H18N2O5S2/c1-8-12(9(2)19-13-8)21(16,17)14-5-4-10(6-14)20-7-11(15)18-3/h10H,4-7H2,1-3H3. The molecule has 1 aliphatic rings. The van der Waals surface area contributed by atoms with E-state index in [1.165, 1.54) is 23.2 Å². The van der Waals surface area contributed by atoms with Crippen molar-refractivity contribution in [2.45, 2.75) is 30.4 Å². The third kappa shape index (κ3) is 3.41. The minimum atomic E-state index is -3.59. The van der Waals surface area contributed by atoms with Crippen LogP contribution in [0.5, 0.6) is 0 Å². The second kappa shape index (κ2) is 6.37. The highest BCUT2D eigenvalue weighted by Crippen LogP contribution is 2.30. The van der Waals surface area contributed by atoms with Crippen molar-refractivity contribution < 1.29 is 22.5 Å². The molecule has 0 aliphatic carbocycles. The number of methoxy groups -OCH3 is 1. The highest BCUT2D eigenvalue weighted by Gasteiger charge is 2.36. The van der Waals surface area contributed by atoms with Gasteiger partial charge >= 0.3 is 5.97 Å². The summed E-state index contributed by atoms with van der Waals surface area (Å²) in [6.07, 6.45) is 0.713. The number of thioether (sulfide) groups is 1. The maximum Gasteiger partial charge on any atom is 0.315 e. The average molecular weight is 334 g/mol. The van der Waals surface area contributed by atoms with Gasteiger partial charge < -0.3 is 9.26 Å². The molecule has 0 aromatic carbocycles. The van der Waals surface area contributed by atoms with Crippen molar-refractivity contribution in [3.05, 3.63) is 11.5 Å². The molecule has 9 heteroatoms. The maximum atomic E-state index is 12.6. The number of esters is 1. The minimum absolute atomic E-state index is 0.0966. The van der Waals surface area contributed by atoms with Crippen LogP contribution < -0.4 is 0 Å². The fourth-order valence-electron chi connectivity index (χ4n) is 2.27. The summed E-state index contributed by atoms with van der Waals surface area (Å²) in [6.45, 7) is 4.02. The number of hydrogen-bond donors (Lipinski definition) is 0. The summed E-state index contributed by atoms with van der Waals surface area (Å²) >= 11 is 1.42. The number of hydrogen-bond acceptors (Lipinski definition) is 7. The normalized spacial score (nSPS) is 19.9. The summed E-state index contributed by atoms with van der Waals surface area (Å²) in [5.74, 6) is 0.241. The van der Waals surface area contributed by atoms with Crippen LogP contribution in [0.4, 0.5) is 0 Å². The quantitative estimate of drug-likeness (QED) is 0.741. The van der Waals surface area contributed by atoms with E-state index in [4.69, 9.17) is 4.52 Å². The molecule has 1 saturated heterocycles. The van der Waals surface area contributed by atoms with Gasteiger partial charge in [-0.1, -0.05) is 5.16 Å². The predicted molar refractivity (Wildman–Crippen MR) is 77.6 cm³/mol. The van der Waals surface area contributed by atoms with Crippen LogP contribution in [-0.4, -0.2) is 55.1 Å². The van der Waals surface area contributed by atoms with Crippen molar-refractivity contribution in [3.8, 4) is 0 Å². The Labute approximate surface area is 128 Å². The molecule has 0 N–H and O–H groups in total. The lowest BCUT2D eigenvalue weighted by Gasteiger charge is -2.16. The van der Waals surface area contributed by atoms with Crippen molar-refractivity contribution in [2.75, 3.05) is 26.0 Å². The van der Waals surface area contributed by atoms with Gasteiger partial charge in [0.1, 0.15) is 10.6 Å². The molecule has 0 radical (unpaired) electrons. The number of rotatable bonds is 5. The molecule has 1 aromatic rings. The Bertz CT molecular complexity index is 606. The molecule has 21 heavy (non-hydrogen) atoms. The van der Waals surface area contributed by atoms with Gasteiger partial charge in [0.2, 0.25) is 10.0 Å². The zero-order valence-corrected chi connectivity index (χ0v) is 13.8. The predicted octanol–water partition coefficient (Wildman–Crippen LogP) is 0.961. The van der Waals surface area contributed by atoms with Crippen molar-refractivity contribution in [3.63, 3.8) is 0 Å². The van der Waals surface area contributed by atoms with Gasteiger partial charge in [-0.2, -0.15) is 4.31 Å². The summed E-state index contributed by atoms with van der Waals surface area (Å²) < 4.78 is 36.2. The molecule has 0 amide bonds. The molecule has 0 bridgehead atoms. The fourth-order valence-corrected chi connectivity index (χ4v) is 5.20. The minimum Gasteiger partial charge on any atom is -0.468 e. The topological polar surface area (TPSA) is 89.7 Å². The molecule has 1 aromatic heterocycles. The Hall–Kier alpha value is -1.06. The molecule has 1 fully saturated rings. The molecule has 1 atom stereocenters. The van der Waals surface area contributed by atoms with E-state index in [0.717, 1.165) is 0 Å². The van der Waals surface area contributed by atoms with E-state index >= 15 is 0 Å². The summed E-state index contributed by atoms with van der Waals surface area (Å²) in [7, 11) is -2.25. The number of aryl methyl sites for hydroxylation is 2. The third-order valence-electron chi connectivity index (χ3n) is 3.34. The van der Waals surface area contributed by atoms with Crippen LogP contribution in [0.3, 0.4) is 0 Å². The van der Waals surface area contributed by atoms with E-state index in [2.05, 4.69) is 9.89 Å². The third-order valence-corrected chi connectivity index (χ3v) is 6.71. The molecule has 118 valence electrons. The molecular formula is C12H18N2O5S2. The summed E-state index contributed by atoms with van der Waals surface area (Å²) in [6, 6.07) is 0. The first-order chi connectivity index (χ1) is 9.86.